The number of hydrogen-bond donors (Lipinski definition) is 0. The molecule has 0 aliphatic rings. The Kier molecular flexibility index (Phi) is 15.9. The van der Waals surface area contributed by atoms with Gasteiger partial charge < -0.3 is 2.85 Å². The summed E-state index contributed by atoms with van der Waals surface area (Å²) >= 11 is 0. The van der Waals surface area contributed by atoms with E-state index in [1.54, 1.807) is 0 Å². The number of hydrogen-bond acceptors (Lipinski definition) is 0. The fourth-order valence-electron chi connectivity index (χ4n) is 1.51. The van der Waals surface area contributed by atoms with E-state index < -0.39 is 0 Å². The average molecular weight is 197 g/mol. The van der Waals surface area contributed by atoms with E-state index >= 15 is 0 Å². The summed E-state index contributed by atoms with van der Waals surface area (Å²) < 4.78 is 0. The first-order chi connectivity index (χ1) is 5.77. The van der Waals surface area contributed by atoms with Gasteiger partial charge in [-0.15, -0.1) is 0 Å². The van der Waals surface area contributed by atoms with Gasteiger partial charge >= 0.3 is 23.1 Å². The van der Waals surface area contributed by atoms with Gasteiger partial charge in [0.15, 0.2) is 0 Å². The SMILES string of the molecule is CCCCCCCCCC(C)C.[H-].[H-].[Mg+2]. The molecule has 0 atom stereocenters. The quantitative estimate of drug-likeness (QED) is 0.392. The summed E-state index contributed by atoms with van der Waals surface area (Å²) in [4.78, 5) is 0. The molecule has 1 heteroatoms. The minimum atomic E-state index is 0. The van der Waals surface area contributed by atoms with Crippen LogP contribution in [0.3, 0.4) is 0 Å². The molecular weight excluding hydrogens is 168 g/mol. The summed E-state index contributed by atoms with van der Waals surface area (Å²) in [6.45, 7) is 6.91. The van der Waals surface area contributed by atoms with E-state index in [1.165, 1.54) is 51.4 Å². The van der Waals surface area contributed by atoms with E-state index in [4.69, 9.17) is 0 Å². The van der Waals surface area contributed by atoms with Crippen molar-refractivity contribution in [1.82, 2.24) is 0 Å². The minimum absolute atomic E-state index is 0. The molecule has 0 radical (unpaired) electrons. The Labute approximate surface area is 104 Å². The zero-order chi connectivity index (χ0) is 9.23. The molecule has 0 nitrogen and oxygen atoms in total. The molecule has 13 heavy (non-hydrogen) atoms. The fraction of sp³-hybridized carbons (Fsp3) is 1.00. The maximum absolute atomic E-state index is 2.32. The molecule has 0 fully saturated rings. The number of unbranched alkanes of at least 4 members (excludes halogenated alkanes) is 6. The van der Waals surface area contributed by atoms with Gasteiger partial charge in [-0.1, -0.05) is 72.1 Å². The second-order valence-corrected chi connectivity index (χ2v) is 4.30. The molecule has 0 aromatic rings. The molecule has 0 aromatic heterocycles. The molecular formula is C12H28Mg. The Morgan fingerprint density at radius 3 is 1.77 bits per heavy atom. The molecule has 0 amide bonds. The maximum atomic E-state index is 2.32. The first kappa shape index (κ1) is 16.2. The monoisotopic (exact) mass is 196 g/mol. The standard InChI is InChI=1S/C12H26.Mg.2H/c1-4-5-6-7-8-9-10-11-12(2)3;;;/h12H,4-11H2,1-3H3;;;/q;+2;2*-1. The number of rotatable bonds is 8. The fourth-order valence-corrected chi connectivity index (χ4v) is 1.51. The van der Waals surface area contributed by atoms with Crippen LogP contribution < -0.4 is 0 Å². The third kappa shape index (κ3) is 15.5. The predicted octanol–water partition coefficient (Wildman–Crippen LogP) is 4.63. The van der Waals surface area contributed by atoms with Crippen LogP contribution in [0, 0.1) is 5.92 Å². The van der Waals surface area contributed by atoms with Crippen LogP contribution in [-0.2, 0) is 0 Å². The van der Waals surface area contributed by atoms with Gasteiger partial charge in [-0.25, -0.2) is 0 Å². The molecule has 0 aromatic carbocycles. The molecule has 0 heterocycles. The predicted molar refractivity (Wildman–Crippen MR) is 65.4 cm³/mol. The van der Waals surface area contributed by atoms with Crippen LogP contribution >= 0.6 is 0 Å². The molecule has 0 unspecified atom stereocenters. The van der Waals surface area contributed by atoms with Crippen molar-refractivity contribution in [3.05, 3.63) is 0 Å². The summed E-state index contributed by atoms with van der Waals surface area (Å²) in [6, 6.07) is 0. The van der Waals surface area contributed by atoms with Crippen LogP contribution in [0.15, 0.2) is 0 Å². The van der Waals surface area contributed by atoms with Crippen molar-refractivity contribution in [2.24, 2.45) is 5.92 Å². The topological polar surface area (TPSA) is 0 Å². The Hall–Kier alpha value is 0.766. The van der Waals surface area contributed by atoms with Gasteiger partial charge in [-0.05, 0) is 5.92 Å². The summed E-state index contributed by atoms with van der Waals surface area (Å²) in [5.41, 5.74) is 0. The maximum Gasteiger partial charge on any atom is 2.00 e. The van der Waals surface area contributed by atoms with Gasteiger partial charge in [0.05, 0.1) is 0 Å². The molecule has 0 rings (SSSR count). The van der Waals surface area contributed by atoms with Gasteiger partial charge in [0, 0.05) is 0 Å². The van der Waals surface area contributed by atoms with E-state index in [-0.39, 0.29) is 25.9 Å². The van der Waals surface area contributed by atoms with Crippen LogP contribution in [0.5, 0.6) is 0 Å². The van der Waals surface area contributed by atoms with Crippen LogP contribution in [0.4, 0.5) is 0 Å². The Morgan fingerprint density at radius 1 is 0.846 bits per heavy atom. The van der Waals surface area contributed by atoms with Crippen LogP contribution in [-0.4, -0.2) is 23.1 Å². The summed E-state index contributed by atoms with van der Waals surface area (Å²) in [5, 5.41) is 0. The van der Waals surface area contributed by atoms with Crippen molar-refractivity contribution in [3.63, 3.8) is 0 Å². The zero-order valence-electron chi connectivity index (χ0n) is 11.9. The Morgan fingerprint density at radius 2 is 1.31 bits per heavy atom. The van der Waals surface area contributed by atoms with Gasteiger partial charge in [-0.2, -0.15) is 0 Å². The largest absolute Gasteiger partial charge is 2.00 e. The van der Waals surface area contributed by atoms with Gasteiger partial charge in [0.2, 0.25) is 0 Å². The average Bonchev–Trinajstić information content (AvgIpc) is 2.02. The van der Waals surface area contributed by atoms with E-state index in [0.717, 1.165) is 5.92 Å². The molecule has 78 valence electrons. The first-order valence-corrected chi connectivity index (χ1v) is 5.77. The van der Waals surface area contributed by atoms with Crippen molar-refractivity contribution in [1.29, 1.82) is 0 Å². The van der Waals surface area contributed by atoms with Crippen molar-refractivity contribution < 1.29 is 2.85 Å². The van der Waals surface area contributed by atoms with Crippen molar-refractivity contribution in [2.75, 3.05) is 0 Å². The van der Waals surface area contributed by atoms with E-state index in [0.29, 0.717) is 0 Å². The Bertz CT molecular complexity index is 87.7. The second-order valence-electron chi connectivity index (χ2n) is 4.30. The second kappa shape index (κ2) is 12.8. The van der Waals surface area contributed by atoms with Crippen LogP contribution in [0.1, 0.15) is 75.0 Å². The third-order valence-electron chi connectivity index (χ3n) is 2.39. The molecule has 0 aliphatic heterocycles. The molecule has 0 spiro atoms. The Balaban J connectivity index is -0.000000202. The summed E-state index contributed by atoms with van der Waals surface area (Å²) in [5.74, 6) is 0.903. The molecule has 0 saturated heterocycles. The normalized spacial score (nSPS) is 10.2. The van der Waals surface area contributed by atoms with Crippen LogP contribution in [0.25, 0.3) is 0 Å². The van der Waals surface area contributed by atoms with Gasteiger partial charge in [-0.3, -0.25) is 0 Å². The molecule has 0 saturated carbocycles. The van der Waals surface area contributed by atoms with Crippen LogP contribution in [0.2, 0.25) is 0 Å². The summed E-state index contributed by atoms with van der Waals surface area (Å²) in [6.07, 6.45) is 11.5. The smallest absolute Gasteiger partial charge is 1.00 e. The molecule has 0 bridgehead atoms. The van der Waals surface area contributed by atoms with E-state index in [9.17, 15) is 0 Å². The van der Waals surface area contributed by atoms with Gasteiger partial charge in [0.1, 0.15) is 0 Å². The zero-order valence-corrected chi connectivity index (χ0v) is 11.4. The molecule has 0 N–H and O–H groups in total. The van der Waals surface area contributed by atoms with E-state index in [1.807, 2.05) is 0 Å². The van der Waals surface area contributed by atoms with Crippen molar-refractivity contribution in [2.45, 2.75) is 72.1 Å². The van der Waals surface area contributed by atoms with E-state index in [2.05, 4.69) is 20.8 Å². The minimum Gasteiger partial charge on any atom is -1.00 e. The van der Waals surface area contributed by atoms with Crippen molar-refractivity contribution >= 4 is 23.1 Å². The molecule has 0 aliphatic carbocycles. The third-order valence-corrected chi connectivity index (χ3v) is 2.39. The first-order valence-electron chi connectivity index (χ1n) is 5.77. The summed E-state index contributed by atoms with van der Waals surface area (Å²) in [7, 11) is 0. The van der Waals surface area contributed by atoms with Crippen molar-refractivity contribution in [3.8, 4) is 0 Å². The van der Waals surface area contributed by atoms with Gasteiger partial charge in [0.25, 0.3) is 0 Å².